The lowest BCUT2D eigenvalue weighted by atomic mass is 9.68. The minimum absolute atomic E-state index is 0.0126. The fourth-order valence-electron chi connectivity index (χ4n) is 6.91. The van der Waals surface area contributed by atoms with Crippen LogP contribution in [0.15, 0.2) is 53.4 Å². The molecule has 2 bridgehead atoms. The molecule has 2 aliphatic heterocycles. The molecule has 10 heteroatoms. The van der Waals surface area contributed by atoms with Crippen LogP contribution in [-0.4, -0.2) is 53.9 Å². The number of ether oxygens (including phenoxy) is 2. The summed E-state index contributed by atoms with van der Waals surface area (Å²) < 4.78 is 41.0. The molecule has 2 aliphatic carbocycles. The summed E-state index contributed by atoms with van der Waals surface area (Å²) >= 11 is 6.38. The molecule has 2 amide bonds. The van der Waals surface area contributed by atoms with E-state index in [2.05, 4.69) is 33.1 Å². The molecule has 2 N–H and O–H groups in total. The number of sulfonamides is 1. The monoisotopic (exact) mass is 585 g/mol. The zero-order valence-electron chi connectivity index (χ0n) is 22.7. The van der Waals surface area contributed by atoms with E-state index in [0.717, 1.165) is 49.4 Å². The first kappa shape index (κ1) is 27.4. The number of fused-ring (bicyclic) bond motifs is 4. The highest BCUT2D eigenvalue weighted by atomic mass is 35.5. The Labute approximate surface area is 241 Å². The molecule has 1 fully saturated rings. The molecule has 8 nitrogen and oxygen atoms in total. The Morgan fingerprint density at radius 3 is 2.85 bits per heavy atom. The maximum absolute atomic E-state index is 13.2. The number of halogens is 1. The quantitative estimate of drug-likeness (QED) is 0.467. The number of anilines is 1. The fraction of sp³-hybridized carbons (Fsp3) is 0.500. The number of aryl methyl sites for hydroxylation is 1. The Morgan fingerprint density at radius 2 is 2.05 bits per heavy atom. The van der Waals surface area contributed by atoms with Crippen LogP contribution in [0.1, 0.15) is 43.2 Å². The highest BCUT2D eigenvalue weighted by Gasteiger charge is 2.44. The standard InChI is InChI=1S/C30H36ClN3O5S/c1-38-27-6-2-3-14-32-29(35)33-40(36,37)23-9-12-28-26(16-23)34(17-21-7-10-24(21)27)18-30(19-39-28)13-4-5-20-15-22(31)8-11-25(20)30/h2,6,8-9,11-12,15-16,21,24,27H,3-5,7,10,13-14,17-19H2,1H3,(H2,32,33,35)/b6-2-/t21-,24+,27+,30-/m0/s1. The summed E-state index contributed by atoms with van der Waals surface area (Å²) in [6, 6.07) is 10.3. The second-order valence-electron chi connectivity index (χ2n) is 11.5. The van der Waals surface area contributed by atoms with Crippen molar-refractivity contribution in [3.8, 4) is 5.75 Å². The predicted molar refractivity (Wildman–Crippen MR) is 155 cm³/mol. The summed E-state index contributed by atoms with van der Waals surface area (Å²) in [5.41, 5.74) is 3.00. The van der Waals surface area contributed by atoms with Crippen molar-refractivity contribution in [3.63, 3.8) is 0 Å². The number of carbonyl (C=O) groups is 1. The third-order valence-electron chi connectivity index (χ3n) is 9.09. The Hall–Kier alpha value is -2.75. The number of rotatable bonds is 1. The van der Waals surface area contributed by atoms with Crippen LogP contribution in [-0.2, 0) is 26.6 Å². The molecule has 6 rings (SSSR count). The van der Waals surface area contributed by atoms with Crippen molar-refractivity contribution in [1.82, 2.24) is 10.0 Å². The maximum atomic E-state index is 13.2. The summed E-state index contributed by atoms with van der Waals surface area (Å²) in [4.78, 5) is 14.8. The Morgan fingerprint density at radius 1 is 1.18 bits per heavy atom. The van der Waals surface area contributed by atoms with Crippen molar-refractivity contribution in [2.45, 2.75) is 54.9 Å². The minimum atomic E-state index is -4.08. The van der Waals surface area contributed by atoms with Gasteiger partial charge in [0.15, 0.2) is 0 Å². The largest absolute Gasteiger partial charge is 0.490 e. The van der Waals surface area contributed by atoms with Crippen LogP contribution in [0.3, 0.4) is 0 Å². The third-order valence-corrected chi connectivity index (χ3v) is 10.7. The van der Waals surface area contributed by atoms with Crippen molar-refractivity contribution >= 4 is 33.3 Å². The number of benzene rings is 2. The fourth-order valence-corrected chi connectivity index (χ4v) is 8.05. The smallest absolute Gasteiger partial charge is 0.328 e. The molecule has 0 unspecified atom stereocenters. The van der Waals surface area contributed by atoms with Crippen molar-refractivity contribution in [2.24, 2.45) is 11.8 Å². The average molecular weight is 586 g/mol. The van der Waals surface area contributed by atoms with E-state index in [1.807, 2.05) is 12.1 Å². The number of methoxy groups -OCH3 is 1. The first-order chi connectivity index (χ1) is 19.3. The lowest BCUT2D eigenvalue weighted by Crippen LogP contribution is -2.49. The van der Waals surface area contributed by atoms with Gasteiger partial charge in [-0.05, 0) is 91.8 Å². The number of hydrogen-bond donors (Lipinski definition) is 2. The molecule has 2 aromatic rings. The maximum Gasteiger partial charge on any atom is 0.328 e. The molecule has 1 spiro atoms. The molecule has 0 radical (unpaired) electrons. The summed E-state index contributed by atoms with van der Waals surface area (Å²) in [6.07, 6.45) is 9.79. The lowest BCUT2D eigenvalue weighted by Gasteiger charge is -2.46. The van der Waals surface area contributed by atoms with Crippen LogP contribution in [0.4, 0.5) is 10.5 Å². The molecular formula is C30H36ClN3O5S. The summed E-state index contributed by atoms with van der Waals surface area (Å²) in [5.74, 6) is 1.40. The van der Waals surface area contributed by atoms with Gasteiger partial charge >= 0.3 is 6.03 Å². The van der Waals surface area contributed by atoms with Crippen molar-refractivity contribution in [1.29, 1.82) is 0 Å². The highest BCUT2D eigenvalue weighted by molar-refractivity contribution is 7.90. The van der Waals surface area contributed by atoms with Gasteiger partial charge < -0.3 is 19.7 Å². The van der Waals surface area contributed by atoms with Gasteiger partial charge in [0.05, 0.1) is 23.3 Å². The van der Waals surface area contributed by atoms with Gasteiger partial charge in [-0.15, -0.1) is 0 Å². The van der Waals surface area contributed by atoms with E-state index in [4.69, 9.17) is 21.1 Å². The van der Waals surface area contributed by atoms with Crippen molar-refractivity contribution in [3.05, 3.63) is 64.7 Å². The van der Waals surface area contributed by atoms with Crippen molar-refractivity contribution < 1.29 is 22.7 Å². The van der Waals surface area contributed by atoms with Gasteiger partial charge in [-0.3, -0.25) is 0 Å². The predicted octanol–water partition coefficient (Wildman–Crippen LogP) is 4.80. The highest BCUT2D eigenvalue weighted by Crippen LogP contribution is 2.47. The van der Waals surface area contributed by atoms with E-state index < -0.39 is 16.1 Å². The molecule has 0 aromatic heterocycles. The normalized spacial score (nSPS) is 30.4. The van der Waals surface area contributed by atoms with Gasteiger partial charge in [0.2, 0.25) is 0 Å². The molecule has 2 heterocycles. The second kappa shape index (κ2) is 10.9. The zero-order valence-corrected chi connectivity index (χ0v) is 24.3. The Kier molecular flexibility index (Phi) is 7.48. The SMILES string of the molecule is CO[C@@H]1/C=C\CCNC(=O)NS(=O)(=O)c2ccc3c(c2)N(C[C@@H]2CC[C@H]21)C[C@@]1(CCCc2cc(Cl)ccc21)CO3. The molecule has 0 saturated heterocycles. The van der Waals surface area contributed by atoms with E-state index in [0.29, 0.717) is 43.7 Å². The van der Waals surface area contributed by atoms with Gasteiger partial charge in [0.25, 0.3) is 10.0 Å². The number of urea groups is 1. The van der Waals surface area contributed by atoms with Gasteiger partial charge in [-0.25, -0.2) is 17.9 Å². The number of hydrogen-bond acceptors (Lipinski definition) is 6. The second-order valence-corrected chi connectivity index (χ2v) is 13.6. The van der Waals surface area contributed by atoms with Crippen LogP contribution < -0.4 is 19.7 Å². The Balaban J connectivity index is 1.43. The molecular weight excluding hydrogens is 550 g/mol. The average Bonchev–Trinajstić information content (AvgIpc) is 3.06. The molecule has 40 heavy (non-hydrogen) atoms. The zero-order chi connectivity index (χ0) is 27.9. The van der Waals surface area contributed by atoms with Crippen LogP contribution >= 0.6 is 11.6 Å². The van der Waals surface area contributed by atoms with Crippen LogP contribution in [0.5, 0.6) is 5.75 Å². The van der Waals surface area contributed by atoms with Gasteiger partial charge in [-0.1, -0.05) is 29.8 Å². The van der Waals surface area contributed by atoms with E-state index in [1.165, 1.54) is 17.2 Å². The van der Waals surface area contributed by atoms with Gasteiger partial charge in [0.1, 0.15) is 5.75 Å². The van der Waals surface area contributed by atoms with E-state index in [1.54, 1.807) is 19.2 Å². The first-order valence-electron chi connectivity index (χ1n) is 14.1. The molecule has 214 valence electrons. The topological polar surface area (TPSA) is 97.0 Å². The van der Waals surface area contributed by atoms with E-state index in [-0.39, 0.29) is 16.4 Å². The molecule has 1 saturated carbocycles. The lowest BCUT2D eigenvalue weighted by molar-refractivity contribution is 0.0132. The number of amides is 2. The summed E-state index contributed by atoms with van der Waals surface area (Å²) in [6.45, 7) is 2.28. The number of nitrogens with one attached hydrogen (secondary N) is 2. The third kappa shape index (κ3) is 5.19. The van der Waals surface area contributed by atoms with Crippen LogP contribution in [0.25, 0.3) is 0 Å². The van der Waals surface area contributed by atoms with Gasteiger partial charge in [-0.2, -0.15) is 0 Å². The summed E-state index contributed by atoms with van der Waals surface area (Å²) in [5, 5.41) is 3.37. The molecule has 2 aromatic carbocycles. The minimum Gasteiger partial charge on any atom is -0.490 e. The van der Waals surface area contributed by atoms with Gasteiger partial charge in [0, 0.05) is 37.2 Å². The summed E-state index contributed by atoms with van der Waals surface area (Å²) in [7, 11) is -2.33. The van der Waals surface area contributed by atoms with Crippen LogP contribution in [0, 0.1) is 11.8 Å². The van der Waals surface area contributed by atoms with Crippen molar-refractivity contribution in [2.75, 3.05) is 38.3 Å². The van der Waals surface area contributed by atoms with E-state index >= 15 is 0 Å². The van der Waals surface area contributed by atoms with Crippen LogP contribution in [0.2, 0.25) is 5.02 Å². The molecule has 4 atom stereocenters. The number of carbonyl (C=O) groups excluding carboxylic acids is 1. The first-order valence-corrected chi connectivity index (χ1v) is 15.9. The number of nitrogens with zero attached hydrogens (tertiary/aromatic N) is 1. The molecule has 4 aliphatic rings. The van der Waals surface area contributed by atoms with E-state index in [9.17, 15) is 13.2 Å². The Bertz CT molecular complexity index is 1430.